The van der Waals surface area contributed by atoms with E-state index in [9.17, 15) is 4.79 Å². The zero-order chi connectivity index (χ0) is 14.5. The summed E-state index contributed by atoms with van der Waals surface area (Å²) >= 11 is 0. The molecule has 0 saturated carbocycles. The number of amides is 1. The van der Waals surface area contributed by atoms with Crippen LogP contribution in [0.4, 0.5) is 0 Å². The maximum atomic E-state index is 12.3. The molecule has 0 N–H and O–H groups in total. The molecule has 0 aromatic carbocycles. The summed E-state index contributed by atoms with van der Waals surface area (Å²) in [6, 6.07) is 4.45. The fraction of sp³-hybridized carbons (Fsp3) is 0.688. The predicted octanol–water partition coefficient (Wildman–Crippen LogP) is 2.81. The van der Waals surface area contributed by atoms with Crippen LogP contribution in [0.1, 0.15) is 44.1 Å². The van der Waals surface area contributed by atoms with E-state index in [1.807, 2.05) is 26.1 Å². The van der Waals surface area contributed by atoms with Gasteiger partial charge in [0.2, 0.25) is 5.91 Å². The molecule has 0 bridgehead atoms. The molecule has 0 radical (unpaired) electrons. The molecule has 112 valence electrons. The molecule has 1 aliphatic rings. The highest BCUT2D eigenvalue weighted by atomic mass is 16.3. The van der Waals surface area contributed by atoms with E-state index in [1.165, 1.54) is 19.3 Å². The van der Waals surface area contributed by atoms with Gasteiger partial charge in [0.1, 0.15) is 11.5 Å². The number of hydrogen-bond donors (Lipinski definition) is 0. The minimum atomic E-state index is 0.180. The Morgan fingerprint density at radius 2 is 2.25 bits per heavy atom. The van der Waals surface area contributed by atoms with Crippen molar-refractivity contribution in [2.45, 2.75) is 52.1 Å². The SMILES string of the molecule is CCC1CCCCN1CC(=O)N(C)Cc1ccc(C)o1. The van der Waals surface area contributed by atoms with Gasteiger partial charge in [0.05, 0.1) is 13.1 Å². The molecule has 20 heavy (non-hydrogen) atoms. The van der Waals surface area contributed by atoms with Crippen molar-refractivity contribution in [1.82, 2.24) is 9.80 Å². The average molecular weight is 278 g/mol. The van der Waals surface area contributed by atoms with E-state index in [4.69, 9.17) is 4.42 Å². The molecule has 1 saturated heterocycles. The molecular formula is C16H26N2O2. The first-order valence-corrected chi connectivity index (χ1v) is 7.63. The van der Waals surface area contributed by atoms with Crippen LogP contribution >= 0.6 is 0 Å². The molecule has 1 aliphatic heterocycles. The minimum absolute atomic E-state index is 0.180. The molecular weight excluding hydrogens is 252 g/mol. The minimum Gasteiger partial charge on any atom is -0.464 e. The first kappa shape index (κ1) is 15.1. The molecule has 0 aliphatic carbocycles. The Morgan fingerprint density at radius 3 is 2.90 bits per heavy atom. The van der Waals surface area contributed by atoms with E-state index < -0.39 is 0 Å². The van der Waals surface area contributed by atoms with Crippen LogP contribution in [0, 0.1) is 6.92 Å². The topological polar surface area (TPSA) is 36.7 Å². The van der Waals surface area contributed by atoms with Crippen LogP contribution in [0.5, 0.6) is 0 Å². The lowest BCUT2D eigenvalue weighted by Gasteiger charge is -2.35. The molecule has 0 spiro atoms. The molecule has 2 rings (SSSR count). The van der Waals surface area contributed by atoms with E-state index in [0.717, 1.165) is 24.5 Å². The Labute approximate surface area is 121 Å². The van der Waals surface area contributed by atoms with Gasteiger partial charge < -0.3 is 9.32 Å². The number of likely N-dealkylation sites (tertiary alicyclic amines) is 1. The van der Waals surface area contributed by atoms with Crippen LogP contribution < -0.4 is 0 Å². The third-order valence-electron chi connectivity index (χ3n) is 4.17. The van der Waals surface area contributed by atoms with E-state index in [1.54, 1.807) is 4.90 Å². The van der Waals surface area contributed by atoms with Crippen LogP contribution in [0.15, 0.2) is 16.5 Å². The molecule has 4 nitrogen and oxygen atoms in total. The summed E-state index contributed by atoms with van der Waals surface area (Å²) < 4.78 is 5.53. The number of carbonyl (C=O) groups is 1. The third-order valence-corrected chi connectivity index (χ3v) is 4.17. The summed E-state index contributed by atoms with van der Waals surface area (Å²) in [5.74, 6) is 1.92. The van der Waals surface area contributed by atoms with Crippen molar-refractivity contribution in [1.29, 1.82) is 0 Å². The number of carbonyl (C=O) groups excluding carboxylic acids is 1. The third kappa shape index (κ3) is 3.85. The largest absolute Gasteiger partial charge is 0.464 e. The molecule has 4 heteroatoms. The highest BCUT2D eigenvalue weighted by molar-refractivity contribution is 5.78. The highest BCUT2D eigenvalue weighted by Gasteiger charge is 2.24. The smallest absolute Gasteiger partial charge is 0.236 e. The molecule has 2 heterocycles. The van der Waals surface area contributed by atoms with Crippen molar-refractivity contribution in [2.24, 2.45) is 0 Å². The normalized spacial score (nSPS) is 20.1. The van der Waals surface area contributed by atoms with Gasteiger partial charge in [0, 0.05) is 13.1 Å². The van der Waals surface area contributed by atoms with Crippen molar-refractivity contribution in [3.05, 3.63) is 23.7 Å². The number of hydrogen-bond acceptors (Lipinski definition) is 3. The lowest BCUT2D eigenvalue weighted by molar-refractivity contribution is -0.132. The van der Waals surface area contributed by atoms with Crippen molar-refractivity contribution >= 4 is 5.91 Å². The van der Waals surface area contributed by atoms with Crippen molar-refractivity contribution < 1.29 is 9.21 Å². The Kier molecular flexibility index (Phi) is 5.24. The van der Waals surface area contributed by atoms with Gasteiger partial charge in [0.15, 0.2) is 0 Å². The molecule has 1 aromatic heterocycles. The number of nitrogens with zero attached hydrogens (tertiary/aromatic N) is 2. The number of furan rings is 1. The zero-order valence-corrected chi connectivity index (χ0v) is 12.9. The summed E-state index contributed by atoms with van der Waals surface area (Å²) in [6.07, 6.45) is 4.87. The summed E-state index contributed by atoms with van der Waals surface area (Å²) in [5, 5.41) is 0. The quantitative estimate of drug-likeness (QED) is 0.831. The standard InChI is InChI=1S/C16H26N2O2/c1-4-14-7-5-6-10-18(14)12-16(19)17(3)11-15-9-8-13(2)20-15/h8-9,14H,4-7,10-12H2,1-3H3. The van der Waals surface area contributed by atoms with Gasteiger partial charge in [-0.1, -0.05) is 13.3 Å². The highest BCUT2D eigenvalue weighted by Crippen LogP contribution is 2.19. The van der Waals surface area contributed by atoms with Crippen molar-refractivity contribution in [3.63, 3.8) is 0 Å². The van der Waals surface area contributed by atoms with E-state index in [2.05, 4.69) is 11.8 Å². The number of rotatable bonds is 5. The van der Waals surface area contributed by atoms with Gasteiger partial charge in [-0.3, -0.25) is 9.69 Å². The van der Waals surface area contributed by atoms with Gasteiger partial charge in [-0.05, 0) is 44.9 Å². The van der Waals surface area contributed by atoms with Crippen LogP contribution in [-0.4, -0.2) is 41.9 Å². The van der Waals surface area contributed by atoms with Crippen LogP contribution in [0.25, 0.3) is 0 Å². The second kappa shape index (κ2) is 6.93. The predicted molar refractivity (Wildman–Crippen MR) is 79.4 cm³/mol. The van der Waals surface area contributed by atoms with E-state index in [-0.39, 0.29) is 5.91 Å². The molecule has 1 fully saturated rings. The zero-order valence-electron chi connectivity index (χ0n) is 12.9. The van der Waals surface area contributed by atoms with Crippen LogP contribution in [0.3, 0.4) is 0 Å². The Hall–Kier alpha value is -1.29. The molecule has 1 aromatic rings. The summed E-state index contributed by atoms with van der Waals surface area (Å²) in [6.45, 7) is 6.28. The molecule has 1 amide bonds. The monoisotopic (exact) mass is 278 g/mol. The first-order valence-electron chi connectivity index (χ1n) is 7.63. The van der Waals surface area contributed by atoms with E-state index in [0.29, 0.717) is 19.1 Å². The maximum absolute atomic E-state index is 12.3. The lowest BCUT2D eigenvalue weighted by Crippen LogP contribution is -2.45. The van der Waals surface area contributed by atoms with Gasteiger partial charge in [-0.2, -0.15) is 0 Å². The van der Waals surface area contributed by atoms with Crippen LogP contribution in [0.2, 0.25) is 0 Å². The van der Waals surface area contributed by atoms with Gasteiger partial charge in [0.25, 0.3) is 0 Å². The Morgan fingerprint density at radius 1 is 1.45 bits per heavy atom. The fourth-order valence-electron chi connectivity index (χ4n) is 2.92. The molecule has 1 unspecified atom stereocenters. The average Bonchev–Trinajstić information content (AvgIpc) is 2.84. The first-order chi connectivity index (χ1) is 9.60. The number of aryl methyl sites for hydroxylation is 1. The number of piperidine rings is 1. The van der Waals surface area contributed by atoms with Crippen molar-refractivity contribution in [2.75, 3.05) is 20.1 Å². The summed E-state index contributed by atoms with van der Waals surface area (Å²) in [4.78, 5) is 16.4. The Bertz CT molecular complexity index is 441. The van der Waals surface area contributed by atoms with Crippen molar-refractivity contribution in [3.8, 4) is 0 Å². The van der Waals surface area contributed by atoms with E-state index >= 15 is 0 Å². The van der Waals surface area contributed by atoms with Gasteiger partial charge in [-0.15, -0.1) is 0 Å². The summed E-state index contributed by atoms with van der Waals surface area (Å²) in [7, 11) is 1.85. The summed E-state index contributed by atoms with van der Waals surface area (Å²) in [5.41, 5.74) is 0. The molecule has 1 atom stereocenters. The van der Waals surface area contributed by atoms with Gasteiger partial charge >= 0.3 is 0 Å². The second-order valence-electron chi connectivity index (χ2n) is 5.79. The second-order valence-corrected chi connectivity index (χ2v) is 5.79. The lowest BCUT2D eigenvalue weighted by atomic mass is 10.00. The maximum Gasteiger partial charge on any atom is 0.236 e. The van der Waals surface area contributed by atoms with Crippen LogP contribution in [-0.2, 0) is 11.3 Å². The van der Waals surface area contributed by atoms with Gasteiger partial charge in [-0.25, -0.2) is 0 Å². The number of likely N-dealkylation sites (N-methyl/N-ethyl adjacent to an activating group) is 1. The fourth-order valence-corrected chi connectivity index (χ4v) is 2.92. The Balaban J connectivity index is 1.86.